The molecule has 0 radical (unpaired) electrons. The second-order valence-corrected chi connectivity index (χ2v) is 4.87. The van der Waals surface area contributed by atoms with Gasteiger partial charge < -0.3 is 10.6 Å². The Morgan fingerprint density at radius 3 is 2.71 bits per heavy atom. The zero-order valence-electron chi connectivity index (χ0n) is 9.89. The lowest BCUT2D eigenvalue weighted by Crippen LogP contribution is -2.31. The Labute approximate surface area is 111 Å². The van der Waals surface area contributed by atoms with E-state index in [0.29, 0.717) is 23.0 Å². The molecular weight excluding hydrogens is 259 g/mol. The van der Waals surface area contributed by atoms with Gasteiger partial charge in [-0.25, -0.2) is 0 Å². The second kappa shape index (κ2) is 6.72. The third-order valence-electron chi connectivity index (χ3n) is 2.05. The normalized spacial score (nSPS) is 10.4. The molecule has 0 aromatic heterocycles. The van der Waals surface area contributed by atoms with Crippen molar-refractivity contribution in [1.82, 2.24) is 5.32 Å². The number of nitrogens with one attached hydrogen (secondary N) is 2. The molecule has 2 N–H and O–H groups in total. The van der Waals surface area contributed by atoms with Crippen LogP contribution in [0.25, 0.3) is 0 Å². The molecule has 1 rings (SSSR count). The van der Waals surface area contributed by atoms with Crippen molar-refractivity contribution in [2.75, 3.05) is 11.9 Å². The summed E-state index contributed by atoms with van der Waals surface area (Å²) in [4.78, 5) is 11.4. The number of amides is 1. The van der Waals surface area contributed by atoms with Crippen molar-refractivity contribution in [2.24, 2.45) is 0 Å². The fraction of sp³-hybridized carbons (Fsp3) is 0.417. The van der Waals surface area contributed by atoms with Crippen molar-refractivity contribution in [1.29, 1.82) is 0 Å². The third-order valence-corrected chi connectivity index (χ3v) is 2.61. The summed E-state index contributed by atoms with van der Waals surface area (Å²) in [6.45, 7) is 4.39. The first kappa shape index (κ1) is 14.1. The molecule has 0 fully saturated rings. The molecule has 0 spiro atoms. The second-order valence-electron chi connectivity index (χ2n) is 4.02. The predicted octanol–water partition coefficient (Wildman–Crippen LogP) is 3.32. The van der Waals surface area contributed by atoms with Crippen LogP contribution in [0.2, 0.25) is 10.0 Å². The molecule has 1 amide bonds. The molecule has 0 unspecified atom stereocenters. The zero-order valence-corrected chi connectivity index (χ0v) is 11.4. The molecule has 3 nitrogen and oxygen atoms in total. The van der Waals surface area contributed by atoms with E-state index in [1.54, 1.807) is 18.2 Å². The van der Waals surface area contributed by atoms with Crippen molar-refractivity contribution in [3.05, 3.63) is 28.2 Å². The Kier molecular flexibility index (Phi) is 5.59. The largest absolute Gasteiger partial charge is 0.383 e. The molecule has 0 aliphatic rings. The van der Waals surface area contributed by atoms with Gasteiger partial charge in [-0.2, -0.15) is 0 Å². The van der Waals surface area contributed by atoms with E-state index < -0.39 is 0 Å². The summed E-state index contributed by atoms with van der Waals surface area (Å²) in [6, 6.07) is 5.35. The van der Waals surface area contributed by atoms with Crippen LogP contribution in [0.1, 0.15) is 20.3 Å². The van der Waals surface area contributed by atoms with Crippen LogP contribution in [0.3, 0.4) is 0 Å². The minimum atomic E-state index is 0.0191. The van der Waals surface area contributed by atoms with Gasteiger partial charge >= 0.3 is 0 Å². The average Bonchev–Trinajstić information content (AvgIpc) is 2.22. The van der Waals surface area contributed by atoms with E-state index in [9.17, 15) is 4.79 Å². The van der Waals surface area contributed by atoms with Crippen LogP contribution >= 0.6 is 23.2 Å². The lowest BCUT2D eigenvalue weighted by molar-refractivity contribution is -0.121. The van der Waals surface area contributed by atoms with E-state index in [0.717, 1.165) is 5.69 Å². The summed E-state index contributed by atoms with van der Waals surface area (Å²) in [5.74, 6) is 0.0191. The molecule has 5 heteroatoms. The Bertz CT molecular complexity index is 394. The molecule has 0 saturated heterocycles. The highest BCUT2D eigenvalue weighted by molar-refractivity contribution is 6.35. The zero-order chi connectivity index (χ0) is 12.8. The highest BCUT2D eigenvalue weighted by Gasteiger charge is 2.04. The van der Waals surface area contributed by atoms with Gasteiger partial charge in [0.15, 0.2) is 0 Å². The summed E-state index contributed by atoms with van der Waals surface area (Å²) in [7, 11) is 0. The number of rotatable bonds is 5. The molecule has 1 aromatic carbocycles. The Morgan fingerprint density at radius 1 is 1.35 bits per heavy atom. The van der Waals surface area contributed by atoms with Crippen molar-refractivity contribution in [2.45, 2.75) is 26.3 Å². The van der Waals surface area contributed by atoms with E-state index in [1.807, 2.05) is 13.8 Å². The number of halogens is 2. The molecule has 0 bridgehead atoms. The van der Waals surface area contributed by atoms with Gasteiger partial charge in [0.1, 0.15) is 0 Å². The van der Waals surface area contributed by atoms with E-state index in [1.165, 1.54) is 0 Å². The molecule has 0 heterocycles. The lowest BCUT2D eigenvalue weighted by atomic mass is 10.3. The highest BCUT2D eigenvalue weighted by atomic mass is 35.5. The van der Waals surface area contributed by atoms with Gasteiger partial charge in [0.25, 0.3) is 0 Å². The maximum Gasteiger partial charge on any atom is 0.221 e. The fourth-order valence-electron chi connectivity index (χ4n) is 1.34. The van der Waals surface area contributed by atoms with Crippen LogP contribution in [-0.4, -0.2) is 18.5 Å². The molecule has 0 aliphatic carbocycles. The van der Waals surface area contributed by atoms with Crippen LogP contribution in [0.15, 0.2) is 18.2 Å². The first-order valence-corrected chi connectivity index (χ1v) is 6.23. The van der Waals surface area contributed by atoms with E-state index in [-0.39, 0.29) is 11.9 Å². The van der Waals surface area contributed by atoms with Gasteiger partial charge in [-0.15, -0.1) is 0 Å². The predicted molar refractivity (Wildman–Crippen MR) is 72.8 cm³/mol. The molecule has 1 aromatic rings. The summed E-state index contributed by atoms with van der Waals surface area (Å²) in [5, 5.41) is 7.11. The molecule has 0 saturated carbocycles. The van der Waals surface area contributed by atoms with Crippen molar-refractivity contribution < 1.29 is 4.79 Å². The Morgan fingerprint density at radius 2 is 2.06 bits per heavy atom. The molecule has 94 valence electrons. The number of hydrogen-bond acceptors (Lipinski definition) is 2. The van der Waals surface area contributed by atoms with Crippen LogP contribution in [0.4, 0.5) is 5.69 Å². The van der Waals surface area contributed by atoms with Gasteiger partial charge in [0.2, 0.25) is 5.91 Å². The average molecular weight is 275 g/mol. The van der Waals surface area contributed by atoms with Crippen LogP contribution in [0, 0.1) is 0 Å². The van der Waals surface area contributed by atoms with E-state index >= 15 is 0 Å². The van der Waals surface area contributed by atoms with Crippen LogP contribution in [-0.2, 0) is 4.79 Å². The third kappa shape index (κ3) is 5.29. The first-order valence-electron chi connectivity index (χ1n) is 5.47. The number of hydrogen-bond donors (Lipinski definition) is 2. The number of benzene rings is 1. The van der Waals surface area contributed by atoms with Gasteiger partial charge in [-0.3, -0.25) is 4.79 Å². The standard InChI is InChI=1S/C12H16Cl2N2O/c1-8(2)16-12(17)5-6-15-11-7-9(13)3-4-10(11)14/h3-4,7-8,15H,5-6H2,1-2H3,(H,16,17). The van der Waals surface area contributed by atoms with Crippen LogP contribution in [0.5, 0.6) is 0 Å². The quantitative estimate of drug-likeness (QED) is 0.865. The Balaban J connectivity index is 2.40. The fourth-order valence-corrected chi connectivity index (χ4v) is 1.69. The smallest absolute Gasteiger partial charge is 0.221 e. The topological polar surface area (TPSA) is 41.1 Å². The SMILES string of the molecule is CC(C)NC(=O)CCNc1cc(Cl)ccc1Cl. The van der Waals surface area contributed by atoms with Crippen LogP contribution < -0.4 is 10.6 Å². The van der Waals surface area contributed by atoms with Crippen molar-refractivity contribution in [3.63, 3.8) is 0 Å². The van der Waals surface area contributed by atoms with E-state index in [4.69, 9.17) is 23.2 Å². The van der Waals surface area contributed by atoms with Crippen molar-refractivity contribution in [3.8, 4) is 0 Å². The summed E-state index contributed by atoms with van der Waals surface area (Å²) >= 11 is 11.8. The van der Waals surface area contributed by atoms with E-state index in [2.05, 4.69) is 10.6 Å². The maximum atomic E-state index is 11.4. The minimum Gasteiger partial charge on any atom is -0.383 e. The van der Waals surface area contributed by atoms with Gasteiger partial charge in [0.05, 0.1) is 10.7 Å². The van der Waals surface area contributed by atoms with Crippen molar-refractivity contribution >= 4 is 34.8 Å². The number of carbonyl (C=O) groups is 1. The van der Waals surface area contributed by atoms with Gasteiger partial charge in [-0.05, 0) is 32.0 Å². The monoisotopic (exact) mass is 274 g/mol. The number of anilines is 1. The number of carbonyl (C=O) groups excluding carboxylic acids is 1. The first-order chi connectivity index (χ1) is 7.99. The molecule has 0 atom stereocenters. The summed E-state index contributed by atoms with van der Waals surface area (Å²) in [5.41, 5.74) is 0.747. The van der Waals surface area contributed by atoms with Gasteiger partial charge in [-0.1, -0.05) is 23.2 Å². The maximum absolute atomic E-state index is 11.4. The molecular formula is C12H16Cl2N2O. The summed E-state index contributed by atoms with van der Waals surface area (Å²) < 4.78 is 0. The molecule has 0 aliphatic heterocycles. The lowest BCUT2D eigenvalue weighted by Gasteiger charge is -2.10. The minimum absolute atomic E-state index is 0.0191. The molecule has 17 heavy (non-hydrogen) atoms. The Hall–Kier alpha value is -0.930. The summed E-state index contributed by atoms with van der Waals surface area (Å²) in [6.07, 6.45) is 0.404. The highest BCUT2D eigenvalue weighted by Crippen LogP contribution is 2.25. The van der Waals surface area contributed by atoms with Gasteiger partial charge in [0, 0.05) is 24.0 Å².